The Morgan fingerprint density at radius 3 is 2.71 bits per heavy atom. The molecule has 0 aliphatic rings. The number of nitrogens with zero attached hydrogens (tertiary/aromatic N) is 1. The van der Waals surface area contributed by atoms with Crippen LogP contribution in [0.3, 0.4) is 0 Å². The highest BCUT2D eigenvalue weighted by atomic mass is 32.1. The number of imidazole rings is 1. The molecule has 0 atom stereocenters. The molecule has 1 aromatic heterocycles. The van der Waals surface area contributed by atoms with E-state index in [0.717, 1.165) is 11.4 Å². The minimum Gasteiger partial charge on any atom is -0.461 e. The molecule has 1 N–H and O–H groups in total. The molecule has 0 bridgehead atoms. The molecule has 17 heavy (non-hydrogen) atoms. The molecule has 0 unspecified atom stereocenters. The molecule has 4 nitrogen and oxygen atoms in total. The van der Waals surface area contributed by atoms with Crippen molar-refractivity contribution in [2.75, 3.05) is 12.4 Å². The Morgan fingerprint density at radius 2 is 2.12 bits per heavy atom. The van der Waals surface area contributed by atoms with Crippen LogP contribution in [0.15, 0.2) is 36.7 Å². The first-order valence-corrected chi connectivity index (χ1v) is 5.82. The van der Waals surface area contributed by atoms with E-state index in [1.807, 2.05) is 12.1 Å². The summed E-state index contributed by atoms with van der Waals surface area (Å²) in [5.41, 5.74) is 1.46. The summed E-state index contributed by atoms with van der Waals surface area (Å²) >= 11 is 3.97. The van der Waals surface area contributed by atoms with Crippen molar-refractivity contribution in [1.29, 1.82) is 0 Å². The number of carbonyl (C=O) groups excluding carboxylic acids is 1. The Hall–Kier alpha value is -1.75. The number of nitrogens with one attached hydrogen (secondary N) is 1. The average Bonchev–Trinajstić information content (AvgIpc) is 2.90. The number of aromatic amines is 1. The van der Waals surface area contributed by atoms with Crippen molar-refractivity contribution in [1.82, 2.24) is 9.97 Å². The lowest BCUT2D eigenvalue weighted by Crippen LogP contribution is -2.06. The first-order chi connectivity index (χ1) is 8.31. The number of hydrogen-bond acceptors (Lipinski definition) is 4. The fraction of sp³-hybridized carbons (Fsp3) is 0.167. The number of rotatable bonds is 4. The van der Waals surface area contributed by atoms with Gasteiger partial charge in [-0.3, -0.25) is 0 Å². The lowest BCUT2D eigenvalue weighted by atomic mass is 10.1. The second-order valence-electron chi connectivity index (χ2n) is 3.37. The van der Waals surface area contributed by atoms with Crippen molar-refractivity contribution in [2.45, 2.75) is 0 Å². The van der Waals surface area contributed by atoms with Gasteiger partial charge in [0.15, 0.2) is 0 Å². The molecule has 0 saturated heterocycles. The number of carbonyl (C=O) groups is 1. The summed E-state index contributed by atoms with van der Waals surface area (Å²) in [5.74, 6) is 0.973. The van der Waals surface area contributed by atoms with Gasteiger partial charge in [-0.1, -0.05) is 12.1 Å². The third-order valence-corrected chi connectivity index (χ3v) is 2.40. The third-order valence-electron chi connectivity index (χ3n) is 2.22. The fourth-order valence-electron chi connectivity index (χ4n) is 1.41. The van der Waals surface area contributed by atoms with Gasteiger partial charge in [0.25, 0.3) is 0 Å². The highest BCUT2D eigenvalue weighted by Gasteiger charge is 2.07. The number of esters is 1. The zero-order chi connectivity index (χ0) is 12.1. The molecule has 0 amide bonds. The van der Waals surface area contributed by atoms with Gasteiger partial charge in [0.2, 0.25) is 0 Å². The molecule has 0 radical (unpaired) electrons. The molecule has 0 saturated carbocycles. The standard InChI is InChI=1S/C12H12N2O2S/c15-12(16-7-8-17)10-3-1-9(2-4-10)11-13-5-6-14-11/h1-6,17H,7-8H2,(H,13,14). The minimum absolute atomic E-state index is 0.321. The maximum absolute atomic E-state index is 11.5. The van der Waals surface area contributed by atoms with Crippen LogP contribution in [-0.2, 0) is 4.74 Å². The van der Waals surface area contributed by atoms with E-state index in [2.05, 4.69) is 22.6 Å². The number of ether oxygens (including phenoxy) is 1. The average molecular weight is 248 g/mol. The Labute approximate surface area is 104 Å². The lowest BCUT2D eigenvalue weighted by molar-refractivity contribution is 0.0530. The maximum atomic E-state index is 11.5. The number of thiol groups is 1. The monoisotopic (exact) mass is 248 g/mol. The summed E-state index contributed by atoms with van der Waals surface area (Å²) in [6, 6.07) is 7.10. The molecule has 2 rings (SSSR count). The Kier molecular flexibility index (Phi) is 3.82. The summed E-state index contributed by atoms with van der Waals surface area (Å²) in [6.07, 6.45) is 3.44. The molecule has 2 aromatic rings. The summed E-state index contributed by atoms with van der Waals surface area (Å²) in [6.45, 7) is 0.321. The van der Waals surface area contributed by atoms with E-state index in [9.17, 15) is 4.79 Å². The van der Waals surface area contributed by atoms with E-state index < -0.39 is 0 Å². The van der Waals surface area contributed by atoms with Crippen molar-refractivity contribution in [2.24, 2.45) is 0 Å². The first kappa shape index (κ1) is 11.7. The maximum Gasteiger partial charge on any atom is 0.338 e. The number of benzene rings is 1. The van der Waals surface area contributed by atoms with E-state index in [-0.39, 0.29) is 5.97 Å². The van der Waals surface area contributed by atoms with Crippen molar-refractivity contribution >= 4 is 18.6 Å². The molecule has 5 heteroatoms. The summed E-state index contributed by atoms with van der Waals surface area (Å²) in [5, 5.41) is 0. The van der Waals surface area contributed by atoms with Crippen LogP contribution in [0.2, 0.25) is 0 Å². The van der Waals surface area contributed by atoms with E-state index in [0.29, 0.717) is 17.9 Å². The van der Waals surface area contributed by atoms with E-state index >= 15 is 0 Å². The Balaban J connectivity index is 2.10. The van der Waals surface area contributed by atoms with Crippen molar-refractivity contribution in [3.63, 3.8) is 0 Å². The van der Waals surface area contributed by atoms with Gasteiger partial charge >= 0.3 is 5.97 Å². The van der Waals surface area contributed by atoms with E-state index in [1.54, 1.807) is 24.5 Å². The molecule has 0 spiro atoms. The van der Waals surface area contributed by atoms with Gasteiger partial charge in [0.05, 0.1) is 5.56 Å². The number of H-pyrrole nitrogens is 1. The van der Waals surface area contributed by atoms with Crippen LogP contribution in [0.1, 0.15) is 10.4 Å². The van der Waals surface area contributed by atoms with Gasteiger partial charge in [0, 0.05) is 23.7 Å². The van der Waals surface area contributed by atoms with Gasteiger partial charge < -0.3 is 9.72 Å². The van der Waals surface area contributed by atoms with Crippen LogP contribution < -0.4 is 0 Å². The number of aromatic nitrogens is 2. The minimum atomic E-state index is -0.329. The number of hydrogen-bond donors (Lipinski definition) is 2. The quantitative estimate of drug-likeness (QED) is 0.644. The smallest absolute Gasteiger partial charge is 0.338 e. The van der Waals surface area contributed by atoms with Crippen LogP contribution in [0.5, 0.6) is 0 Å². The molecular weight excluding hydrogens is 236 g/mol. The Morgan fingerprint density at radius 1 is 1.35 bits per heavy atom. The zero-order valence-electron chi connectivity index (χ0n) is 9.09. The highest BCUT2D eigenvalue weighted by molar-refractivity contribution is 7.80. The second-order valence-corrected chi connectivity index (χ2v) is 3.82. The van der Waals surface area contributed by atoms with Gasteiger partial charge in [-0.05, 0) is 12.1 Å². The van der Waals surface area contributed by atoms with Crippen molar-refractivity contribution in [3.8, 4) is 11.4 Å². The largest absolute Gasteiger partial charge is 0.461 e. The van der Waals surface area contributed by atoms with Crippen LogP contribution in [0.4, 0.5) is 0 Å². The van der Waals surface area contributed by atoms with Gasteiger partial charge in [0.1, 0.15) is 12.4 Å². The molecular formula is C12H12N2O2S. The van der Waals surface area contributed by atoms with E-state index in [1.165, 1.54) is 0 Å². The fourth-order valence-corrected chi connectivity index (χ4v) is 1.50. The SMILES string of the molecule is O=C(OCCS)c1ccc(-c2ncc[nH]2)cc1. The summed E-state index contributed by atoms with van der Waals surface area (Å²) in [4.78, 5) is 18.6. The van der Waals surface area contributed by atoms with Crippen LogP contribution in [-0.4, -0.2) is 28.3 Å². The van der Waals surface area contributed by atoms with Crippen molar-refractivity contribution in [3.05, 3.63) is 42.2 Å². The molecule has 0 aliphatic carbocycles. The molecule has 0 fully saturated rings. The molecule has 0 aliphatic heterocycles. The summed E-state index contributed by atoms with van der Waals surface area (Å²) < 4.78 is 4.97. The van der Waals surface area contributed by atoms with Gasteiger partial charge in [-0.15, -0.1) is 0 Å². The molecule has 1 heterocycles. The van der Waals surface area contributed by atoms with E-state index in [4.69, 9.17) is 4.74 Å². The van der Waals surface area contributed by atoms with Crippen LogP contribution >= 0.6 is 12.6 Å². The predicted octanol–water partition coefficient (Wildman–Crippen LogP) is 2.16. The van der Waals surface area contributed by atoms with Crippen LogP contribution in [0.25, 0.3) is 11.4 Å². The normalized spacial score (nSPS) is 10.2. The summed E-state index contributed by atoms with van der Waals surface area (Å²) in [7, 11) is 0. The Bertz CT molecular complexity index is 480. The van der Waals surface area contributed by atoms with Crippen molar-refractivity contribution < 1.29 is 9.53 Å². The topological polar surface area (TPSA) is 55.0 Å². The second kappa shape index (κ2) is 5.54. The molecule has 88 valence electrons. The highest BCUT2D eigenvalue weighted by Crippen LogP contribution is 2.15. The molecule has 1 aromatic carbocycles. The van der Waals surface area contributed by atoms with Gasteiger partial charge in [-0.2, -0.15) is 12.6 Å². The lowest BCUT2D eigenvalue weighted by Gasteiger charge is -2.03. The van der Waals surface area contributed by atoms with Gasteiger partial charge in [-0.25, -0.2) is 9.78 Å². The first-order valence-electron chi connectivity index (χ1n) is 5.19. The zero-order valence-corrected chi connectivity index (χ0v) is 9.98. The van der Waals surface area contributed by atoms with Crippen LogP contribution in [0, 0.1) is 0 Å². The predicted molar refractivity (Wildman–Crippen MR) is 68.2 cm³/mol. The third kappa shape index (κ3) is 2.88.